The monoisotopic (exact) mass is 635 g/mol. The summed E-state index contributed by atoms with van der Waals surface area (Å²) in [6.07, 6.45) is 7.78. The van der Waals surface area contributed by atoms with Crippen molar-refractivity contribution in [2.75, 3.05) is 19.7 Å². The third-order valence-corrected chi connectivity index (χ3v) is 11.1. The van der Waals surface area contributed by atoms with Crippen molar-refractivity contribution < 1.29 is 23.4 Å². The Morgan fingerprint density at radius 3 is 2.64 bits per heavy atom. The van der Waals surface area contributed by atoms with E-state index in [9.17, 15) is 14.3 Å². The minimum atomic E-state index is -0.886. The predicted octanol–water partition coefficient (Wildman–Crippen LogP) is 6.45. The van der Waals surface area contributed by atoms with E-state index in [0.29, 0.717) is 53.1 Å². The fourth-order valence-electron chi connectivity index (χ4n) is 8.70. The van der Waals surface area contributed by atoms with Crippen molar-refractivity contribution in [3.63, 3.8) is 0 Å². The molecule has 3 aromatic rings. The van der Waals surface area contributed by atoms with Gasteiger partial charge < -0.3 is 14.7 Å². The van der Waals surface area contributed by atoms with Crippen LogP contribution in [0.3, 0.4) is 0 Å². The van der Waals surface area contributed by atoms with E-state index in [0.717, 1.165) is 50.6 Å². The van der Waals surface area contributed by atoms with Gasteiger partial charge in [-0.3, -0.25) is 9.69 Å². The number of pyridine rings is 1. The molecule has 2 aromatic heterocycles. The largest absolute Gasteiger partial charge is 0.508 e. The lowest BCUT2D eigenvalue weighted by molar-refractivity contribution is -0.130. The van der Waals surface area contributed by atoms with E-state index in [4.69, 9.17) is 31.3 Å². The van der Waals surface area contributed by atoms with Gasteiger partial charge in [-0.25, -0.2) is 13.8 Å². The Balaban J connectivity index is 1.22. The number of halogens is 3. The number of nitrogens with zero attached hydrogens (tertiary/aromatic N) is 5. The van der Waals surface area contributed by atoms with Crippen molar-refractivity contribution in [2.45, 2.75) is 93.4 Å². The van der Waals surface area contributed by atoms with E-state index >= 15 is 4.39 Å². The molecule has 5 fully saturated rings. The normalized spacial score (nSPS) is 29.4. The van der Waals surface area contributed by atoms with Crippen molar-refractivity contribution in [2.24, 2.45) is 0 Å². The summed E-state index contributed by atoms with van der Waals surface area (Å²) < 4.78 is 36.9. The van der Waals surface area contributed by atoms with Gasteiger partial charge in [0.2, 0.25) is 5.91 Å². The summed E-state index contributed by atoms with van der Waals surface area (Å²) in [5.74, 6) is -0.548. The van der Waals surface area contributed by atoms with Crippen molar-refractivity contribution >= 4 is 28.5 Å². The minimum absolute atomic E-state index is 0.0483. The highest BCUT2D eigenvalue weighted by molar-refractivity contribution is 6.32. The molecule has 11 heteroatoms. The molecule has 4 unspecified atom stereocenters. The smallest absolute Gasteiger partial charge is 0.318 e. The number of benzene rings is 1. The summed E-state index contributed by atoms with van der Waals surface area (Å²) in [6, 6.07) is 4.68. The standard InChI is InChI=1S/C34H36ClF2N5O3/c1-2-28(44)42-21-6-7-22(42)11-19(10-21)30-25-14-27(37)31(24-12-23(43)13-26(35)29(24)18-4-5-18)38-32(25)40-33(39-30)45-17-34-8-3-9-41(34)16-20(36)15-34/h2,12-14,18-22,43H,1,3-11,15-17H2. The highest BCUT2D eigenvalue weighted by Gasteiger charge is 2.49. The number of aromatic hydroxyl groups is 1. The molecule has 0 spiro atoms. The number of amides is 1. The van der Waals surface area contributed by atoms with Gasteiger partial charge in [-0.1, -0.05) is 18.2 Å². The van der Waals surface area contributed by atoms with Crippen LogP contribution in [-0.4, -0.2) is 79.3 Å². The van der Waals surface area contributed by atoms with Crippen molar-refractivity contribution in [1.29, 1.82) is 0 Å². The molecule has 4 saturated heterocycles. The quantitative estimate of drug-likeness (QED) is 0.299. The van der Waals surface area contributed by atoms with Gasteiger partial charge in [-0.05, 0) is 93.7 Å². The molecule has 8 rings (SSSR count). The van der Waals surface area contributed by atoms with Gasteiger partial charge in [0.05, 0.1) is 11.2 Å². The van der Waals surface area contributed by atoms with Crippen molar-refractivity contribution in [1.82, 2.24) is 24.8 Å². The number of alkyl halides is 1. The number of hydrogen-bond donors (Lipinski definition) is 1. The Labute approximate surface area is 265 Å². The van der Waals surface area contributed by atoms with Crippen LogP contribution in [0.25, 0.3) is 22.3 Å². The van der Waals surface area contributed by atoms with Gasteiger partial charge in [0.15, 0.2) is 5.65 Å². The van der Waals surface area contributed by atoms with E-state index in [-0.39, 0.29) is 59.4 Å². The fraction of sp³-hybridized carbons (Fsp3) is 0.529. The van der Waals surface area contributed by atoms with Gasteiger partial charge in [0.25, 0.3) is 0 Å². The SMILES string of the molecule is C=CC(=O)N1C2CCC1CC(c1nc(OCC34CCCN3CC(F)C4)nc3nc(-c4cc(O)cc(Cl)c4C4CC4)c(F)cc13)C2. The summed E-state index contributed by atoms with van der Waals surface area (Å²) in [6.45, 7) is 5.21. The molecule has 2 bridgehead atoms. The number of phenolic OH excluding ortho intramolecular Hbond substituents is 1. The maximum Gasteiger partial charge on any atom is 0.318 e. The average Bonchev–Trinajstić information content (AvgIpc) is 3.62. The molecule has 1 aliphatic carbocycles. The average molecular weight is 636 g/mol. The summed E-state index contributed by atoms with van der Waals surface area (Å²) in [5, 5.41) is 11.3. The first kappa shape index (κ1) is 29.1. The molecular weight excluding hydrogens is 600 g/mol. The van der Waals surface area contributed by atoms with Gasteiger partial charge in [-0.15, -0.1) is 0 Å². The lowest BCUT2D eigenvalue weighted by atomic mass is 9.86. The number of carbonyl (C=O) groups excluding carboxylic acids is 1. The number of piperidine rings is 1. The summed E-state index contributed by atoms with van der Waals surface area (Å²) in [7, 11) is 0. The summed E-state index contributed by atoms with van der Waals surface area (Å²) in [4.78, 5) is 31.1. The Morgan fingerprint density at radius 2 is 1.91 bits per heavy atom. The van der Waals surface area contributed by atoms with E-state index in [1.165, 1.54) is 24.3 Å². The molecule has 4 aliphatic heterocycles. The maximum atomic E-state index is 16.1. The Kier molecular flexibility index (Phi) is 7.02. The Morgan fingerprint density at radius 1 is 1.13 bits per heavy atom. The first-order valence-corrected chi connectivity index (χ1v) is 16.5. The third kappa shape index (κ3) is 4.95. The topological polar surface area (TPSA) is 91.7 Å². The molecule has 8 nitrogen and oxygen atoms in total. The summed E-state index contributed by atoms with van der Waals surface area (Å²) >= 11 is 6.56. The van der Waals surface area contributed by atoms with E-state index in [1.54, 1.807) is 0 Å². The van der Waals surface area contributed by atoms with E-state index < -0.39 is 12.0 Å². The van der Waals surface area contributed by atoms with Crippen LogP contribution in [0.1, 0.15) is 80.9 Å². The molecule has 45 heavy (non-hydrogen) atoms. The number of carbonyl (C=O) groups is 1. The van der Waals surface area contributed by atoms with Crippen molar-refractivity contribution in [3.8, 4) is 23.0 Å². The number of rotatable bonds is 7. The number of aromatic nitrogens is 3. The first-order valence-electron chi connectivity index (χ1n) is 16.1. The third-order valence-electron chi connectivity index (χ3n) is 10.8. The molecular formula is C34H36ClF2N5O3. The van der Waals surface area contributed by atoms with Crippen LogP contribution in [0.15, 0.2) is 30.9 Å². The second-order valence-corrected chi connectivity index (χ2v) is 14.0. The molecule has 1 N–H and O–H groups in total. The van der Waals surface area contributed by atoms with Crippen molar-refractivity contribution in [3.05, 3.63) is 53.0 Å². The Bertz CT molecular complexity index is 1710. The molecule has 1 saturated carbocycles. The zero-order chi connectivity index (χ0) is 31.0. The van der Waals surface area contributed by atoms with Gasteiger partial charge in [0, 0.05) is 46.9 Å². The number of ether oxygens (including phenoxy) is 1. The van der Waals surface area contributed by atoms with Crippen LogP contribution in [0.4, 0.5) is 8.78 Å². The molecule has 236 valence electrons. The molecule has 1 amide bonds. The second kappa shape index (κ2) is 10.9. The van der Waals surface area contributed by atoms with Crippen LogP contribution in [-0.2, 0) is 4.79 Å². The predicted molar refractivity (Wildman–Crippen MR) is 166 cm³/mol. The van der Waals surface area contributed by atoms with Crippen LogP contribution >= 0.6 is 11.6 Å². The zero-order valence-electron chi connectivity index (χ0n) is 25.0. The highest BCUT2D eigenvalue weighted by atomic mass is 35.5. The first-order chi connectivity index (χ1) is 21.7. The van der Waals surface area contributed by atoms with Gasteiger partial charge >= 0.3 is 6.01 Å². The molecule has 4 atom stereocenters. The van der Waals surface area contributed by atoms with Crippen LogP contribution in [0.5, 0.6) is 11.8 Å². The maximum absolute atomic E-state index is 16.1. The van der Waals surface area contributed by atoms with E-state index in [2.05, 4.69) is 11.5 Å². The van der Waals surface area contributed by atoms with Crippen LogP contribution < -0.4 is 4.74 Å². The second-order valence-electron chi connectivity index (χ2n) is 13.6. The number of fused-ring (bicyclic) bond motifs is 4. The van der Waals surface area contributed by atoms with Crippen LogP contribution in [0, 0.1) is 5.82 Å². The number of phenols is 1. The van der Waals surface area contributed by atoms with Crippen LogP contribution in [0.2, 0.25) is 5.02 Å². The minimum Gasteiger partial charge on any atom is -0.508 e. The zero-order valence-corrected chi connectivity index (χ0v) is 25.8. The van der Waals surface area contributed by atoms with E-state index in [1.807, 2.05) is 4.90 Å². The lowest BCUT2D eigenvalue weighted by Crippen LogP contribution is -2.45. The molecule has 6 heterocycles. The fourth-order valence-corrected chi connectivity index (χ4v) is 9.06. The number of hydrogen-bond acceptors (Lipinski definition) is 7. The molecule has 0 radical (unpaired) electrons. The van der Waals surface area contributed by atoms with Gasteiger partial charge in [0.1, 0.15) is 30.0 Å². The molecule has 1 aromatic carbocycles. The highest BCUT2D eigenvalue weighted by Crippen LogP contribution is 2.50. The molecule has 5 aliphatic rings. The van der Waals surface area contributed by atoms with Gasteiger partial charge in [-0.2, -0.15) is 9.97 Å². The lowest BCUT2D eigenvalue weighted by Gasteiger charge is -2.38. The Hall–Kier alpha value is -3.37. The summed E-state index contributed by atoms with van der Waals surface area (Å²) in [5.41, 5.74) is 1.87.